The topological polar surface area (TPSA) is 71.0 Å². The zero-order valence-electron chi connectivity index (χ0n) is 17.3. The van der Waals surface area contributed by atoms with Crippen molar-refractivity contribution in [2.75, 3.05) is 51.4 Å². The van der Waals surface area contributed by atoms with Crippen molar-refractivity contribution in [1.82, 2.24) is 15.6 Å². The summed E-state index contributed by atoms with van der Waals surface area (Å²) in [6.45, 7) is 7.40. The Bertz CT molecular complexity index is 611. The molecule has 2 aliphatic rings. The fraction of sp³-hybridized carbons (Fsp3) is 0.714. The molecule has 7 nitrogen and oxygen atoms in total. The Morgan fingerprint density at radius 2 is 2.04 bits per heavy atom. The molecule has 0 aliphatic carbocycles. The number of ether oxygens (including phenoxy) is 2. The van der Waals surface area contributed by atoms with Gasteiger partial charge in [-0.3, -0.25) is 4.99 Å². The first-order valence-electron chi connectivity index (χ1n) is 10.6. The Morgan fingerprint density at radius 1 is 1.25 bits per heavy atom. The fourth-order valence-corrected chi connectivity index (χ4v) is 3.72. The Kier molecular flexibility index (Phi) is 8.36. The van der Waals surface area contributed by atoms with Gasteiger partial charge in [0.2, 0.25) is 0 Å². The number of nitrogens with zero attached hydrogens (tertiary/aromatic N) is 3. The smallest absolute Gasteiger partial charge is 0.191 e. The molecule has 1 aromatic rings. The van der Waals surface area contributed by atoms with Gasteiger partial charge in [0.15, 0.2) is 5.96 Å². The van der Waals surface area contributed by atoms with Gasteiger partial charge >= 0.3 is 0 Å². The van der Waals surface area contributed by atoms with Crippen molar-refractivity contribution >= 4 is 11.8 Å². The van der Waals surface area contributed by atoms with Crippen LogP contribution in [0.4, 0.5) is 5.82 Å². The summed E-state index contributed by atoms with van der Waals surface area (Å²) in [4.78, 5) is 11.4. The maximum absolute atomic E-state index is 5.92. The molecule has 0 amide bonds. The zero-order valence-corrected chi connectivity index (χ0v) is 17.3. The minimum absolute atomic E-state index is 0.374. The van der Waals surface area contributed by atoms with E-state index < -0.39 is 0 Å². The van der Waals surface area contributed by atoms with Gasteiger partial charge in [-0.25, -0.2) is 4.98 Å². The second-order valence-corrected chi connectivity index (χ2v) is 7.58. The van der Waals surface area contributed by atoms with Gasteiger partial charge in [0, 0.05) is 58.2 Å². The lowest BCUT2D eigenvalue weighted by Crippen LogP contribution is -2.49. The third-order valence-electron chi connectivity index (χ3n) is 5.39. The number of rotatable bonds is 7. The quantitative estimate of drug-likeness (QED) is 0.423. The Labute approximate surface area is 168 Å². The third kappa shape index (κ3) is 6.63. The molecule has 2 fully saturated rings. The van der Waals surface area contributed by atoms with Gasteiger partial charge in [-0.15, -0.1) is 0 Å². The Balaban J connectivity index is 1.30. The molecule has 7 heteroatoms. The number of aliphatic imine (C=N–C) groups is 1. The Morgan fingerprint density at radius 3 is 2.75 bits per heavy atom. The summed E-state index contributed by atoms with van der Waals surface area (Å²) in [5.74, 6) is 1.98. The van der Waals surface area contributed by atoms with Gasteiger partial charge in [0.05, 0.1) is 6.10 Å². The van der Waals surface area contributed by atoms with Crippen LogP contribution in [0.1, 0.15) is 37.8 Å². The van der Waals surface area contributed by atoms with E-state index in [1.54, 1.807) is 0 Å². The minimum atomic E-state index is 0.374. The molecule has 156 valence electrons. The summed E-state index contributed by atoms with van der Waals surface area (Å²) in [5.41, 5.74) is 1.07. The summed E-state index contributed by atoms with van der Waals surface area (Å²) < 4.78 is 11.3. The lowest BCUT2D eigenvalue weighted by atomic mass is 10.1. The summed E-state index contributed by atoms with van der Waals surface area (Å²) in [6.07, 6.45) is 5.57. The van der Waals surface area contributed by atoms with E-state index in [-0.39, 0.29) is 0 Å². The molecule has 2 aliphatic heterocycles. The first-order chi connectivity index (χ1) is 13.7. The van der Waals surface area contributed by atoms with Gasteiger partial charge in [0.25, 0.3) is 0 Å². The standard InChI is InChI=1S/C21H35N5O2/c1-17-5-3-6-20(24-17)26-12-7-18(8-13-26)25-21(22-2)23-11-4-14-28-19-9-15-27-16-10-19/h3,5-6,18-19H,4,7-16H2,1-2H3,(H2,22,23,25). The van der Waals surface area contributed by atoms with Gasteiger partial charge < -0.3 is 25.0 Å². The molecule has 0 bridgehead atoms. The van der Waals surface area contributed by atoms with Crippen LogP contribution in [0.5, 0.6) is 0 Å². The molecular formula is C21H35N5O2. The predicted octanol–water partition coefficient (Wildman–Crippen LogP) is 2.11. The van der Waals surface area contributed by atoms with Crippen molar-refractivity contribution < 1.29 is 9.47 Å². The molecule has 1 aromatic heterocycles. The number of aryl methyl sites for hydroxylation is 1. The molecule has 2 N–H and O–H groups in total. The summed E-state index contributed by atoms with van der Waals surface area (Å²) in [6, 6.07) is 6.68. The number of piperidine rings is 1. The van der Waals surface area contributed by atoms with Crippen LogP contribution in [-0.4, -0.2) is 69.6 Å². The normalized spacial score (nSPS) is 19.6. The van der Waals surface area contributed by atoms with Crippen LogP contribution in [0.3, 0.4) is 0 Å². The van der Waals surface area contributed by atoms with Crippen LogP contribution in [0.25, 0.3) is 0 Å². The zero-order chi connectivity index (χ0) is 19.6. The molecule has 0 atom stereocenters. The summed E-state index contributed by atoms with van der Waals surface area (Å²) in [7, 11) is 1.83. The van der Waals surface area contributed by atoms with E-state index in [2.05, 4.69) is 37.6 Å². The molecule has 0 radical (unpaired) electrons. The number of pyridine rings is 1. The van der Waals surface area contributed by atoms with Crippen molar-refractivity contribution in [1.29, 1.82) is 0 Å². The molecule has 2 saturated heterocycles. The average molecular weight is 390 g/mol. The number of anilines is 1. The van der Waals surface area contributed by atoms with Crippen molar-refractivity contribution in [3.63, 3.8) is 0 Å². The van der Waals surface area contributed by atoms with Gasteiger partial charge in [0.1, 0.15) is 5.82 Å². The van der Waals surface area contributed by atoms with Crippen LogP contribution < -0.4 is 15.5 Å². The van der Waals surface area contributed by atoms with Crippen LogP contribution in [0, 0.1) is 6.92 Å². The van der Waals surface area contributed by atoms with Crippen molar-refractivity contribution in [2.24, 2.45) is 4.99 Å². The van der Waals surface area contributed by atoms with E-state index in [4.69, 9.17) is 9.47 Å². The van der Waals surface area contributed by atoms with Crippen LogP contribution >= 0.6 is 0 Å². The molecule has 3 heterocycles. The highest BCUT2D eigenvalue weighted by Crippen LogP contribution is 2.18. The van der Waals surface area contributed by atoms with E-state index >= 15 is 0 Å². The molecule has 0 spiro atoms. The molecule has 3 rings (SSSR count). The third-order valence-corrected chi connectivity index (χ3v) is 5.39. The van der Waals surface area contributed by atoms with E-state index in [0.717, 1.165) is 89.0 Å². The molecule has 0 saturated carbocycles. The number of hydrogen-bond donors (Lipinski definition) is 2. The van der Waals surface area contributed by atoms with E-state index in [1.165, 1.54) is 0 Å². The van der Waals surface area contributed by atoms with Crippen LogP contribution in [0.15, 0.2) is 23.2 Å². The van der Waals surface area contributed by atoms with E-state index in [1.807, 2.05) is 20.0 Å². The summed E-state index contributed by atoms with van der Waals surface area (Å²) in [5, 5.41) is 6.98. The van der Waals surface area contributed by atoms with Crippen molar-refractivity contribution in [3.05, 3.63) is 23.9 Å². The van der Waals surface area contributed by atoms with Crippen molar-refractivity contribution in [2.45, 2.75) is 51.2 Å². The fourth-order valence-electron chi connectivity index (χ4n) is 3.72. The second-order valence-electron chi connectivity index (χ2n) is 7.58. The lowest BCUT2D eigenvalue weighted by Gasteiger charge is -2.34. The largest absolute Gasteiger partial charge is 0.381 e. The number of nitrogens with one attached hydrogen (secondary N) is 2. The maximum Gasteiger partial charge on any atom is 0.191 e. The number of aromatic nitrogens is 1. The SMILES string of the molecule is CN=C(NCCCOC1CCOCC1)NC1CCN(c2cccc(C)n2)CC1. The highest BCUT2D eigenvalue weighted by atomic mass is 16.5. The molecule has 28 heavy (non-hydrogen) atoms. The van der Waals surface area contributed by atoms with E-state index in [0.29, 0.717) is 12.1 Å². The first kappa shape index (κ1) is 20.9. The highest BCUT2D eigenvalue weighted by molar-refractivity contribution is 5.79. The summed E-state index contributed by atoms with van der Waals surface area (Å²) >= 11 is 0. The maximum atomic E-state index is 5.92. The van der Waals surface area contributed by atoms with Gasteiger partial charge in [-0.05, 0) is 51.2 Å². The Hall–Kier alpha value is -1.86. The van der Waals surface area contributed by atoms with Crippen molar-refractivity contribution in [3.8, 4) is 0 Å². The second kappa shape index (κ2) is 11.2. The average Bonchev–Trinajstić information content (AvgIpc) is 2.74. The molecule has 0 unspecified atom stereocenters. The van der Waals surface area contributed by atoms with Crippen LogP contribution in [0.2, 0.25) is 0 Å². The minimum Gasteiger partial charge on any atom is -0.381 e. The van der Waals surface area contributed by atoms with Crippen LogP contribution in [-0.2, 0) is 9.47 Å². The monoisotopic (exact) mass is 389 g/mol. The van der Waals surface area contributed by atoms with Gasteiger partial charge in [-0.1, -0.05) is 6.07 Å². The number of guanidine groups is 1. The first-order valence-corrected chi connectivity index (χ1v) is 10.6. The highest BCUT2D eigenvalue weighted by Gasteiger charge is 2.21. The molecule has 0 aromatic carbocycles. The number of hydrogen-bond acceptors (Lipinski definition) is 5. The molecular weight excluding hydrogens is 354 g/mol. The van der Waals surface area contributed by atoms with E-state index in [9.17, 15) is 0 Å². The van der Waals surface area contributed by atoms with Gasteiger partial charge in [-0.2, -0.15) is 0 Å². The predicted molar refractivity (Wildman–Crippen MR) is 113 cm³/mol. The lowest BCUT2D eigenvalue weighted by molar-refractivity contribution is -0.0320.